The van der Waals surface area contributed by atoms with Crippen molar-refractivity contribution < 1.29 is 14.5 Å². The third kappa shape index (κ3) is 2.38. The quantitative estimate of drug-likeness (QED) is 0.755. The highest BCUT2D eigenvalue weighted by molar-refractivity contribution is 5.96. The van der Waals surface area contributed by atoms with Gasteiger partial charge in [-0.3, -0.25) is 4.79 Å². The Morgan fingerprint density at radius 3 is 2.94 bits per heavy atom. The third-order valence-electron chi connectivity index (χ3n) is 3.07. The highest BCUT2D eigenvalue weighted by atomic mass is 16.6. The Bertz CT molecular complexity index is 393. The van der Waals surface area contributed by atoms with Crippen molar-refractivity contribution in [3.8, 4) is 0 Å². The molecule has 1 fully saturated rings. The maximum absolute atomic E-state index is 12.2. The van der Waals surface area contributed by atoms with Gasteiger partial charge < -0.3 is 15.7 Å². The molecular formula is C10H16N4O3. The van der Waals surface area contributed by atoms with Gasteiger partial charge in [-0.05, 0) is 23.2 Å². The van der Waals surface area contributed by atoms with E-state index in [0.29, 0.717) is 6.54 Å². The highest BCUT2D eigenvalue weighted by Crippen LogP contribution is 2.19. The summed E-state index contributed by atoms with van der Waals surface area (Å²) in [6.45, 7) is 0.563. The van der Waals surface area contributed by atoms with Crippen LogP contribution >= 0.6 is 0 Å². The normalized spacial score (nSPS) is 21.2. The van der Waals surface area contributed by atoms with Crippen LogP contribution in [0.1, 0.15) is 36.2 Å². The minimum absolute atomic E-state index is 0.00376. The Kier molecular flexibility index (Phi) is 3.58. The molecule has 1 aliphatic heterocycles. The van der Waals surface area contributed by atoms with Gasteiger partial charge in [0, 0.05) is 6.54 Å². The lowest BCUT2D eigenvalue weighted by molar-refractivity contribution is 0.0590. The van der Waals surface area contributed by atoms with Gasteiger partial charge in [-0.1, -0.05) is 12.8 Å². The van der Waals surface area contributed by atoms with E-state index >= 15 is 0 Å². The fraction of sp³-hybridized carbons (Fsp3) is 0.700. The molecule has 0 radical (unpaired) electrons. The molecule has 1 aromatic rings. The van der Waals surface area contributed by atoms with Gasteiger partial charge in [0.25, 0.3) is 5.91 Å². The van der Waals surface area contributed by atoms with Gasteiger partial charge in [-0.2, -0.15) is 0 Å². The molecule has 3 N–H and O–H groups in total. The standard InChI is InChI=1S/C10H16N4O3/c11-9-8(12-17-13-9)10(16)14-5-3-1-2-4-7(14)6-15/h7,15H,1-6H2,(H2,11,13). The molecule has 1 atom stereocenters. The van der Waals surface area contributed by atoms with Crippen molar-refractivity contribution in [1.29, 1.82) is 0 Å². The van der Waals surface area contributed by atoms with Crippen LogP contribution in [0.25, 0.3) is 0 Å². The first-order valence-electron chi connectivity index (χ1n) is 5.74. The van der Waals surface area contributed by atoms with E-state index in [-0.39, 0.29) is 30.1 Å². The number of carbonyl (C=O) groups is 1. The average Bonchev–Trinajstić information content (AvgIpc) is 2.64. The van der Waals surface area contributed by atoms with E-state index in [1.165, 1.54) is 0 Å². The van der Waals surface area contributed by atoms with Gasteiger partial charge in [0.05, 0.1) is 12.6 Å². The number of amides is 1. The lowest BCUT2D eigenvalue weighted by Crippen LogP contribution is -2.42. The van der Waals surface area contributed by atoms with Crippen LogP contribution in [-0.4, -0.2) is 45.4 Å². The molecule has 0 spiro atoms. The summed E-state index contributed by atoms with van der Waals surface area (Å²) in [5.41, 5.74) is 5.53. The van der Waals surface area contributed by atoms with E-state index in [0.717, 1.165) is 25.7 Å². The molecule has 0 aromatic carbocycles. The third-order valence-corrected chi connectivity index (χ3v) is 3.07. The second-order valence-corrected chi connectivity index (χ2v) is 4.18. The number of aromatic nitrogens is 2. The molecule has 2 heterocycles. The predicted molar refractivity (Wildman–Crippen MR) is 59.1 cm³/mol. The van der Waals surface area contributed by atoms with Gasteiger partial charge in [0.2, 0.25) is 11.5 Å². The zero-order chi connectivity index (χ0) is 12.3. The van der Waals surface area contributed by atoms with Crippen LogP contribution in [-0.2, 0) is 0 Å². The summed E-state index contributed by atoms with van der Waals surface area (Å²) < 4.78 is 4.42. The summed E-state index contributed by atoms with van der Waals surface area (Å²) in [7, 11) is 0. The van der Waals surface area contributed by atoms with Crippen molar-refractivity contribution in [2.75, 3.05) is 18.9 Å². The van der Waals surface area contributed by atoms with Crippen molar-refractivity contribution in [3.05, 3.63) is 5.69 Å². The number of rotatable bonds is 2. The molecule has 1 aliphatic rings. The number of likely N-dealkylation sites (tertiary alicyclic amines) is 1. The predicted octanol–water partition coefficient (Wildman–Crippen LogP) is 0.0289. The first-order chi connectivity index (χ1) is 8.24. The van der Waals surface area contributed by atoms with Crippen LogP contribution in [0, 0.1) is 0 Å². The number of aliphatic hydroxyl groups excluding tert-OH is 1. The molecule has 94 valence electrons. The van der Waals surface area contributed by atoms with Crippen LogP contribution < -0.4 is 5.73 Å². The molecule has 17 heavy (non-hydrogen) atoms. The van der Waals surface area contributed by atoms with Crippen LogP contribution in [0.4, 0.5) is 5.82 Å². The monoisotopic (exact) mass is 240 g/mol. The molecule has 1 amide bonds. The molecule has 1 aromatic heterocycles. The number of anilines is 1. The minimum atomic E-state index is -0.315. The summed E-state index contributed by atoms with van der Waals surface area (Å²) in [4.78, 5) is 13.8. The summed E-state index contributed by atoms with van der Waals surface area (Å²) in [6.07, 6.45) is 3.80. The Morgan fingerprint density at radius 2 is 2.29 bits per heavy atom. The second-order valence-electron chi connectivity index (χ2n) is 4.18. The first-order valence-corrected chi connectivity index (χ1v) is 5.74. The van der Waals surface area contributed by atoms with Gasteiger partial charge in [-0.25, -0.2) is 4.63 Å². The number of nitrogens with two attached hydrogens (primary N) is 1. The fourth-order valence-electron chi connectivity index (χ4n) is 2.11. The number of nitrogens with zero attached hydrogens (tertiary/aromatic N) is 3. The fourth-order valence-corrected chi connectivity index (χ4v) is 2.11. The maximum atomic E-state index is 12.2. The van der Waals surface area contributed by atoms with E-state index in [4.69, 9.17) is 5.73 Å². The summed E-state index contributed by atoms with van der Waals surface area (Å²) in [5, 5.41) is 16.2. The SMILES string of the molecule is Nc1nonc1C(=O)N1CCCCCC1CO. The van der Waals surface area contributed by atoms with E-state index in [1.54, 1.807) is 4.90 Å². The largest absolute Gasteiger partial charge is 0.394 e. The topological polar surface area (TPSA) is 105 Å². The van der Waals surface area contributed by atoms with Crippen molar-refractivity contribution in [2.45, 2.75) is 31.7 Å². The van der Waals surface area contributed by atoms with Crippen molar-refractivity contribution in [3.63, 3.8) is 0 Å². The van der Waals surface area contributed by atoms with Crippen molar-refractivity contribution in [2.24, 2.45) is 0 Å². The van der Waals surface area contributed by atoms with E-state index in [1.807, 2.05) is 0 Å². The van der Waals surface area contributed by atoms with Crippen LogP contribution in [0.5, 0.6) is 0 Å². The van der Waals surface area contributed by atoms with Gasteiger partial charge in [-0.15, -0.1) is 0 Å². The van der Waals surface area contributed by atoms with E-state index in [9.17, 15) is 9.90 Å². The number of aliphatic hydroxyl groups is 1. The second kappa shape index (κ2) is 5.13. The Balaban J connectivity index is 2.18. The van der Waals surface area contributed by atoms with Crippen molar-refractivity contribution in [1.82, 2.24) is 15.2 Å². The molecule has 7 nitrogen and oxygen atoms in total. The summed E-state index contributed by atoms with van der Waals surface area (Å²) in [6, 6.07) is -0.166. The molecule has 1 saturated heterocycles. The Morgan fingerprint density at radius 1 is 1.47 bits per heavy atom. The zero-order valence-corrected chi connectivity index (χ0v) is 9.50. The molecule has 0 bridgehead atoms. The maximum Gasteiger partial charge on any atom is 0.280 e. The first kappa shape index (κ1) is 11.8. The van der Waals surface area contributed by atoms with Crippen LogP contribution in [0.15, 0.2) is 4.63 Å². The van der Waals surface area contributed by atoms with E-state index in [2.05, 4.69) is 14.9 Å². The molecule has 2 rings (SSSR count). The van der Waals surface area contributed by atoms with Crippen LogP contribution in [0.3, 0.4) is 0 Å². The number of nitrogen functional groups attached to an aromatic ring is 1. The zero-order valence-electron chi connectivity index (χ0n) is 9.50. The summed E-state index contributed by atoms with van der Waals surface area (Å²) in [5.74, 6) is -0.319. The number of hydrogen-bond acceptors (Lipinski definition) is 6. The molecule has 1 unspecified atom stereocenters. The average molecular weight is 240 g/mol. The van der Waals surface area contributed by atoms with Gasteiger partial charge >= 0.3 is 0 Å². The van der Waals surface area contributed by atoms with Crippen LogP contribution in [0.2, 0.25) is 0 Å². The van der Waals surface area contributed by atoms with Crippen molar-refractivity contribution >= 4 is 11.7 Å². The smallest absolute Gasteiger partial charge is 0.280 e. The van der Waals surface area contributed by atoms with Gasteiger partial charge in [0.15, 0.2) is 0 Å². The molecule has 7 heteroatoms. The highest BCUT2D eigenvalue weighted by Gasteiger charge is 2.29. The Hall–Kier alpha value is -1.63. The van der Waals surface area contributed by atoms with Gasteiger partial charge in [0.1, 0.15) is 0 Å². The lowest BCUT2D eigenvalue weighted by Gasteiger charge is -2.27. The summed E-state index contributed by atoms with van der Waals surface area (Å²) >= 11 is 0. The number of hydrogen-bond donors (Lipinski definition) is 2. The Labute approximate surface area is 98.5 Å². The molecule has 0 aliphatic carbocycles. The number of carbonyl (C=O) groups excluding carboxylic acids is 1. The lowest BCUT2D eigenvalue weighted by atomic mass is 10.1. The minimum Gasteiger partial charge on any atom is -0.394 e. The van der Waals surface area contributed by atoms with E-state index < -0.39 is 0 Å². The molecule has 0 saturated carbocycles. The molecular weight excluding hydrogens is 224 g/mol.